The van der Waals surface area contributed by atoms with Crippen LogP contribution in [0.4, 0.5) is 28.7 Å². The van der Waals surface area contributed by atoms with Gasteiger partial charge in [0.2, 0.25) is 5.91 Å². The highest BCUT2D eigenvalue weighted by molar-refractivity contribution is 6.30. The molecule has 3 aromatic carbocycles. The van der Waals surface area contributed by atoms with Gasteiger partial charge in [0.25, 0.3) is 0 Å². The van der Waals surface area contributed by atoms with Crippen LogP contribution < -0.4 is 16.0 Å². The molecule has 37 heavy (non-hydrogen) atoms. The van der Waals surface area contributed by atoms with E-state index < -0.39 is 5.41 Å². The van der Waals surface area contributed by atoms with E-state index in [0.717, 1.165) is 48.3 Å². The first-order valence-electron chi connectivity index (χ1n) is 12.5. The van der Waals surface area contributed by atoms with Crippen LogP contribution in [0.5, 0.6) is 0 Å². The second-order valence-corrected chi connectivity index (χ2v) is 10.1. The van der Waals surface area contributed by atoms with E-state index in [1.54, 1.807) is 0 Å². The molecular formula is C30H30ClN5O. The number of carbonyl (C=O) groups is 1. The first-order chi connectivity index (χ1) is 17.9. The minimum absolute atomic E-state index is 0.0336. The van der Waals surface area contributed by atoms with Crippen molar-refractivity contribution in [2.75, 3.05) is 16.0 Å². The molecule has 4 aromatic rings. The number of anilines is 5. The van der Waals surface area contributed by atoms with Crippen molar-refractivity contribution in [1.29, 1.82) is 0 Å². The number of hydrogen-bond donors (Lipinski definition) is 3. The summed E-state index contributed by atoms with van der Waals surface area (Å²) in [5.74, 6) is 2.09. The zero-order valence-electron chi connectivity index (χ0n) is 21.0. The summed E-state index contributed by atoms with van der Waals surface area (Å²) in [6.45, 7) is 3.92. The highest BCUT2D eigenvalue weighted by Crippen LogP contribution is 2.42. The molecule has 1 aliphatic carbocycles. The fourth-order valence-corrected chi connectivity index (χ4v) is 5.04. The molecule has 0 saturated heterocycles. The Balaban J connectivity index is 1.27. The predicted molar refractivity (Wildman–Crippen MR) is 151 cm³/mol. The topological polar surface area (TPSA) is 78.9 Å². The van der Waals surface area contributed by atoms with Crippen LogP contribution in [0.1, 0.15) is 42.6 Å². The maximum absolute atomic E-state index is 13.5. The molecule has 0 spiro atoms. The van der Waals surface area contributed by atoms with Gasteiger partial charge in [-0.3, -0.25) is 4.79 Å². The second-order valence-electron chi connectivity index (χ2n) is 9.63. The molecule has 1 aromatic heterocycles. The van der Waals surface area contributed by atoms with Gasteiger partial charge in [-0.05, 0) is 80.8 Å². The molecule has 5 rings (SSSR count). The van der Waals surface area contributed by atoms with Crippen molar-refractivity contribution in [2.24, 2.45) is 0 Å². The zero-order chi connectivity index (χ0) is 25.8. The Bertz CT molecular complexity index is 1380. The van der Waals surface area contributed by atoms with Gasteiger partial charge in [0, 0.05) is 28.2 Å². The van der Waals surface area contributed by atoms with E-state index in [1.807, 2.05) is 73.7 Å². The Labute approximate surface area is 222 Å². The third kappa shape index (κ3) is 5.75. The molecule has 1 aliphatic rings. The maximum atomic E-state index is 13.5. The summed E-state index contributed by atoms with van der Waals surface area (Å²) in [6.07, 6.45) is 3.76. The normalized spacial score (nSPS) is 14.2. The van der Waals surface area contributed by atoms with E-state index >= 15 is 0 Å². The second kappa shape index (κ2) is 10.6. The Morgan fingerprint density at radius 2 is 1.27 bits per heavy atom. The van der Waals surface area contributed by atoms with Gasteiger partial charge in [-0.15, -0.1) is 0 Å². The summed E-state index contributed by atoms with van der Waals surface area (Å²) in [5.41, 5.74) is 4.31. The van der Waals surface area contributed by atoms with E-state index in [1.165, 1.54) is 5.56 Å². The van der Waals surface area contributed by atoms with Crippen molar-refractivity contribution in [3.05, 3.63) is 101 Å². The smallest absolute Gasteiger partial charge is 0.235 e. The molecule has 0 unspecified atom stereocenters. The summed E-state index contributed by atoms with van der Waals surface area (Å²) in [4.78, 5) is 22.5. The molecule has 1 heterocycles. The molecule has 0 aliphatic heterocycles. The molecule has 0 atom stereocenters. The molecule has 3 N–H and O–H groups in total. The van der Waals surface area contributed by atoms with Crippen LogP contribution in [0, 0.1) is 13.8 Å². The van der Waals surface area contributed by atoms with Crippen LogP contribution in [0.15, 0.2) is 78.9 Å². The fraction of sp³-hybridized carbons (Fsp3) is 0.233. The van der Waals surface area contributed by atoms with Gasteiger partial charge >= 0.3 is 0 Å². The average molecular weight is 512 g/mol. The van der Waals surface area contributed by atoms with Gasteiger partial charge in [0.1, 0.15) is 17.5 Å². The summed E-state index contributed by atoms with van der Waals surface area (Å²) in [7, 11) is 0. The van der Waals surface area contributed by atoms with Crippen molar-refractivity contribution < 1.29 is 4.79 Å². The van der Waals surface area contributed by atoms with E-state index in [4.69, 9.17) is 11.6 Å². The van der Waals surface area contributed by atoms with Gasteiger partial charge in [-0.2, -0.15) is 0 Å². The molecule has 0 bridgehead atoms. The van der Waals surface area contributed by atoms with Crippen LogP contribution in [-0.4, -0.2) is 15.9 Å². The van der Waals surface area contributed by atoms with Crippen LogP contribution in [0.3, 0.4) is 0 Å². The number of benzene rings is 3. The fourth-order valence-electron chi connectivity index (χ4n) is 4.91. The van der Waals surface area contributed by atoms with Crippen molar-refractivity contribution in [3.8, 4) is 0 Å². The number of nitrogens with zero attached hydrogens (tertiary/aromatic N) is 2. The monoisotopic (exact) mass is 511 g/mol. The van der Waals surface area contributed by atoms with E-state index in [0.29, 0.717) is 22.5 Å². The summed E-state index contributed by atoms with van der Waals surface area (Å²) in [6, 6.07) is 25.4. The first kappa shape index (κ1) is 24.8. The lowest BCUT2D eigenvalue weighted by Gasteiger charge is -2.28. The number of halogens is 1. The van der Waals surface area contributed by atoms with Gasteiger partial charge in [0.05, 0.1) is 5.41 Å². The van der Waals surface area contributed by atoms with Crippen LogP contribution in [0.25, 0.3) is 0 Å². The Hall–Kier alpha value is -3.90. The van der Waals surface area contributed by atoms with Gasteiger partial charge in [0.15, 0.2) is 0 Å². The summed E-state index contributed by atoms with van der Waals surface area (Å²) in [5, 5.41) is 10.5. The number of rotatable bonds is 7. The lowest BCUT2D eigenvalue weighted by molar-refractivity contribution is -0.121. The Morgan fingerprint density at radius 1 is 0.757 bits per heavy atom. The predicted octanol–water partition coefficient (Wildman–Crippen LogP) is 7.68. The molecule has 0 radical (unpaired) electrons. The zero-order valence-corrected chi connectivity index (χ0v) is 21.8. The molecule has 1 fully saturated rings. The minimum atomic E-state index is -0.513. The van der Waals surface area contributed by atoms with Crippen LogP contribution in [-0.2, 0) is 10.2 Å². The summed E-state index contributed by atoms with van der Waals surface area (Å²) >= 11 is 6.09. The van der Waals surface area contributed by atoms with E-state index in [9.17, 15) is 4.79 Å². The van der Waals surface area contributed by atoms with E-state index in [-0.39, 0.29) is 5.91 Å². The van der Waals surface area contributed by atoms with Gasteiger partial charge < -0.3 is 16.0 Å². The average Bonchev–Trinajstić information content (AvgIpc) is 3.38. The molecule has 6 nitrogen and oxygen atoms in total. The molecular weight excluding hydrogens is 482 g/mol. The SMILES string of the molecule is Cc1ccc(Nc2cc(Nc3ccc(NC(=O)C4(c5ccc(Cl)cc5)CCCC4)cc3)nc(C)n2)cc1. The van der Waals surface area contributed by atoms with E-state index in [2.05, 4.69) is 45.0 Å². The molecule has 1 saturated carbocycles. The Morgan fingerprint density at radius 3 is 1.84 bits per heavy atom. The first-order valence-corrected chi connectivity index (χ1v) is 12.9. The number of hydrogen-bond acceptors (Lipinski definition) is 5. The number of aromatic nitrogens is 2. The van der Waals surface area contributed by atoms with Crippen molar-refractivity contribution in [3.63, 3.8) is 0 Å². The number of carbonyl (C=O) groups excluding carboxylic acids is 1. The largest absolute Gasteiger partial charge is 0.340 e. The molecule has 188 valence electrons. The highest BCUT2D eigenvalue weighted by Gasteiger charge is 2.42. The quantitative estimate of drug-likeness (QED) is 0.237. The minimum Gasteiger partial charge on any atom is -0.340 e. The van der Waals surface area contributed by atoms with Crippen LogP contribution in [0.2, 0.25) is 5.02 Å². The third-order valence-electron chi connectivity index (χ3n) is 6.87. The summed E-state index contributed by atoms with van der Waals surface area (Å²) < 4.78 is 0. The van der Waals surface area contributed by atoms with Crippen molar-refractivity contribution in [1.82, 2.24) is 9.97 Å². The molecule has 1 amide bonds. The lowest BCUT2D eigenvalue weighted by atomic mass is 9.78. The third-order valence-corrected chi connectivity index (χ3v) is 7.12. The van der Waals surface area contributed by atoms with Gasteiger partial charge in [-0.25, -0.2) is 9.97 Å². The standard InChI is InChI=1S/C30H30ClN5O/c1-20-5-11-24(12-6-20)34-27-19-28(33-21(2)32-27)35-25-13-15-26(16-14-25)36-29(37)30(17-3-4-18-30)22-7-9-23(31)10-8-22/h5-16,19H,3-4,17-18H2,1-2H3,(H,36,37)(H2,32,33,34,35). The maximum Gasteiger partial charge on any atom is 0.235 e. The Kier molecular flexibility index (Phi) is 7.10. The number of aryl methyl sites for hydroxylation is 2. The number of nitrogens with one attached hydrogen (secondary N) is 3. The number of amides is 1. The van der Waals surface area contributed by atoms with Gasteiger partial charge in [-0.1, -0.05) is 54.3 Å². The van der Waals surface area contributed by atoms with Crippen molar-refractivity contribution >= 4 is 46.2 Å². The van der Waals surface area contributed by atoms with Crippen LogP contribution >= 0.6 is 11.6 Å². The lowest BCUT2D eigenvalue weighted by Crippen LogP contribution is -2.37. The highest BCUT2D eigenvalue weighted by atomic mass is 35.5. The molecule has 7 heteroatoms. The van der Waals surface area contributed by atoms with Crippen molar-refractivity contribution in [2.45, 2.75) is 44.9 Å².